The molecule has 0 radical (unpaired) electrons. The highest BCUT2D eigenvalue weighted by atomic mass is 16.6. The van der Waals surface area contributed by atoms with Gasteiger partial charge in [-0.25, -0.2) is 0 Å². The van der Waals surface area contributed by atoms with Crippen LogP contribution in [-0.2, 0) is 33.5 Å². The van der Waals surface area contributed by atoms with Crippen LogP contribution in [0, 0.1) is 51.8 Å². The maximum Gasteiger partial charge on any atom is 0.317 e. The van der Waals surface area contributed by atoms with E-state index in [4.69, 9.17) is 20.4 Å². The fraction of sp³-hybridized carbons (Fsp3) is 0.800. The fourth-order valence-corrected chi connectivity index (χ4v) is 4.18. The van der Waals surface area contributed by atoms with Gasteiger partial charge in [0.1, 0.15) is 0 Å². The molecule has 1 aliphatic heterocycles. The number of esters is 2. The van der Waals surface area contributed by atoms with Crippen LogP contribution in [0.5, 0.6) is 0 Å². The second-order valence-corrected chi connectivity index (χ2v) is 14.6. The molecule has 0 saturated carbocycles. The minimum atomic E-state index is -1.05. The Bertz CT molecular complexity index is 882. The maximum absolute atomic E-state index is 11.2. The van der Waals surface area contributed by atoms with Crippen LogP contribution in [0.2, 0.25) is 0 Å². The molecule has 238 valence electrons. The summed E-state index contributed by atoms with van der Waals surface area (Å²) in [6, 6.07) is 0. The minimum absolute atomic E-state index is 0.0581. The first-order valence-corrected chi connectivity index (χ1v) is 13.8. The second-order valence-electron chi connectivity index (χ2n) is 14.6. The van der Waals surface area contributed by atoms with Gasteiger partial charge in [0.15, 0.2) is 0 Å². The van der Waals surface area contributed by atoms with Crippen molar-refractivity contribution in [2.75, 3.05) is 0 Å². The number of carboxylic acid groups (broad SMARTS) is 4. The van der Waals surface area contributed by atoms with Gasteiger partial charge < -0.3 is 25.2 Å². The standard InChI is InChI=1S/2C10H18O4.C10H16O3/c2*1-6(8(11)12)7(9(13)14)5-10(2,3)4;1-6-7(5-10(2,3)4)9(12)13-8(6)11/h2*6-7H,5H2,1-4H3,(H,11,12)(H,13,14);6-7H,5H2,1-4H3. The van der Waals surface area contributed by atoms with Gasteiger partial charge in [-0.05, 0) is 35.5 Å². The number of cyclic esters (lactones) is 2. The largest absolute Gasteiger partial charge is 0.481 e. The molecule has 0 amide bonds. The predicted octanol–water partition coefficient (Wildman–Crippen LogP) is 5.45. The van der Waals surface area contributed by atoms with Gasteiger partial charge in [-0.3, -0.25) is 28.8 Å². The summed E-state index contributed by atoms with van der Waals surface area (Å²) in [7, 11) is 0. The zero-order chi connectivity index (χ0) is 33.3. The molecule has 1 saturated heterocycles. The third-order valence-corrected chi connectivity index (χ3v) is 6.60. The van der Waals surface area contributed by atoms with E-state index in [-0.39, 0.29) is 40.0 Å². The number of carbonyl (C=O) groups excluding carboxylic acids is 2. The summed E-state index contributed by atoms with van der Waals surface area (Å²) < 4.78 is 4.55. The monoisotopic (exact) mass is 588 g/mol. The molecule has 6 unspecified atom stereocenters. The van der Waals surface area contributed by atoms with Crippen molar-refractivity contribution in [3.63, 3.8) is 0 Å². The Labute approximate surface area is 244 Å². The van der Waals surface area contributed by atoms with Crippen molar-refractivity contribution in [2.24, 2.45) is 51.8 Å². The van der Waals surface area contributed by atoms with E-state index in [0.717, 1.165) is 0 Å². The minimum Gasteiger partial charge on any atom is -0.481 e. The molecule has 0 aliphatic carbocycles. The van der Waals surface area contributed by atoms with Gasteiger partial charge in [0, 0.05) is 0 Å². The van der Waals surface area contributed by atoms with E-state index >= 15 is 0 Å². The number of hydrogen-bond acceptors (Lipinski definition) is 7. The van der Waals surface area contributed by atoms with Gasteiger partial charge in [0.25, 0.3) is 0 Å². The van der Waals surface area contributed by atoms with E-state index in [0.29, 0.717) is 19.3 Å². The van der Waals surface area contributed by atoms with Crippen LogP contribution in [0.3, 0.4) is 0 Å². The molecule has 6 atom stereocenters. The molecule has 0 bridgehead atoms. The van der Waals surface area contributed by atoms with Crippen molar-refractivity contribution in [3.05, 3.63) is 0 Å². The highest BCUT2D eigenvalue weighted by Crippen LogP contribution is 2.34. The smallest absolute Gasteiger partial charge is 0.317 e. The molecule has 4 N–H and O–H groups in total. The van der Waals surface area contributed by atoms with E-state index in [1.807, 2.05) is 41.5 Å². The molecule has 0 spiro atoms. The molecule has 41 heavy (non-hydrogen) atoms. The van der Waals surface area contributed by atoms with E-state index in [1.54, 1.807) is 6.92 Å². The van der Waals surface area contributed by atoms with Gasteiger partial charge in [0.2, 0.25) is 0 Å². The third-order valence-electron chi connectivity index (χ3n) is 6.60. The molecular formula is C30H52O11. The van der Waals surface area contributed by atoms with Crippen LogP contribution in [-0.4, -0.2) is 56.2 Å². The molecule has 0 aromatic rings. The van der Waals surface area contributed by atoms with Crippen LogP contribution in [0.1, 0.15) is 102 Å². The summed E-state index contributed by atoms with van der Waals surface area (Å²) in [6.45, 7) is 22.2. The third kappa shape index (κ3) is 16.8. The van der Waals surface area contributed by atoms with Gasteiger partial charge in [0.05, 0.1) is 35.5 Å². The first kappa shape index (κ1) is 40.2. The normalized spacial score (nSPS) is 20.2. The molecule has 11 heteroatoms. The zero-order valence-corrected chi connectivity index (χ0v) is 26.7. The van der Waals surface area contributed by atoms with Gasteiger partial charge in [-0.2, -0.15) is 0 Å². The lowest BCUT2D eigenvalue weighted by atomic mass is 9.79. The lowest BCUT2D eigenvalue weighted by Gasteiger charge is -2.25. The van der Waals surface area contributed by atoms with Crippen molar-refractivity contribution in [1.82, 2.24) is 0 Å². The summed E-state index contributed by atoms with van der Waals surface area (Å²) >= 11 is 0. The first-order valence-electron chi connectivity index (χ1n) is 13.8. The number of carbonyl (C=O) groups is 6. The van der Waals surface area contributed by atoms with E-state index in [9.17, 15) is 28.8 Å². The van der Waals surface area contributed by atoms with Crippen molar-refractivity contribution in [1.29, 1.82) is 0 Å². The summed E-state index contributed by atoms with van der Waals surface area (Å²) in [5.41, 5.74) is -0.290. The molecular weight excluding hydrogens is 536 g/mol. The lowest BCUT2D eigenvalue weighted by molar-refractivity contribution is -0.154. The second kappa shape index (κ2) is 15.9. The number of aliphatic carboxylic acids is 4. The average molecular weight is 589 g/mol. The summed E-state index contributed by atoms with van der Waals surface area (Å²) in [4.78, 5) is 65.3. The Kier molecular flexibility index (Phi) is 15.5. The van der Waals surface area contributed by atoms with E-state index < -0.39 is 47.5 Å². The summed E-state index contributed by atoms with van der Waals surface area (Å²) in [6.07, 6.45) is 1.45. The Hall–Kier alpha value is -2.98. The molecule has 1 heterocycles. The van der Waals surface area contributed by atoms with Crippen molar-refractivity contribution in [3.8, 4) is 0 Å². The van der Waals surface area contributed by atoms with Crippen molar-refractivity contribution < 1.29 is 53.9 Å². The average Bonchev–Trinajstić information content (AvgIpc) is 2.98. The van der Waals surface area contributed by atoms with Crippen LogP contribution in [0.15, 0.2) is 0 Å². The zero-order valence-electron chi connectivity index (χ0n) is 26.7. The highest BCUT2D eigenvalue weighted by Gasteiger charge is 2.42. The van der Waals surface area contributed by atoms with Gasteiger partial charge >= 0.3 is 35.8 Å². The molecule has 0 aromatic carbocycles. The SMILES string of the molecule is CC(C(=O)O)C(CC(C)(C)C)C(=O)O.CC(C(=O)O)C(CC(C)(C)C)C(=O)O.CC1C(=O)OC(=O)C1CC(C)(C)C. The number of rotatable bonds is 9. The van der Waals surface area contributed by atoms with Crippen LogP contribution < -0.4 is 0 Å². The van der Waals surface area contributed by atoms with Gasteiger partial charge in [-0.1, -0.05) is 83.1 Å². The Balaban J connectivity index is 0. The number of hydrogen-bond donors (Lipinski definition) is 4. The molecule has 11 nitrogen and oxygen atoms in total. The lowest BCUT2D eigenvalue weighted by Crippen LogP contribution is -2.31. The Morgan fingerprint density at radius 2 is 0.951 bits per heavy atom. The Morgan fingerprint density at radius 1 is 0.634 bits per heavy atom. The highest BCUT2D eigenvalue weighted by molar-refractivity contribution is 5.96. The molecule has 1 fully saturated rings. The summed E-state index contributed by atoms with van der Waals surface area (Å²) in [5, 5.41) is 35.3. The maximum atomic E-state index is 11.2. The first-order chi connectivity index (χ1) is 18.1. The number of carboxylic acids is 4. The predicted molar refractivity (Wildman–Crippen MR) is 152 cm³/mol. The molecule has 1 aliphatic rings. The number of ether oxygens (including phenoxy) is 1. The van der Waals surface area contributed by atoms with Crippen LogP contribution >= 0.6 is 0 Å². The quantitative estimate of drug-likeness (QED) is 0.198. The molecule has 0 aromatic heterocycles. The van der Waals surface area contributed by atoms with Crippen LogP contribution in [0.25, 0.3) is 0 Å². The van der Waals surface area contributed by atoms with E-state index in [2.05, 4.69) is 25.5 Å². The van der Waals surface area contributed by atoms with E-state index in [1.165, 1.54) is 13.8 Å². The Morgan fingerprint density at radius 3 is 1.12 bits per heavy atom. The van der Waals surface area contributed by atoms with Crippen molar-refractivity contribution >= 4 is 35.8 Å². The topological polar surface area (TPSA) is 193 Å². The molecule has 1 rings (SSSR count). The van der Waals surface area contributed by atoms with Gasteiger partial charge in [-0.15, -0.1) is 0 Å². The van der Waals surface area contributed by atoms with Crippen LogP contribution in [0.4, 0.5) is 0 Å². The van der Waals surface area contributed by atoms with Crippen molar-refractivity contribution in [2.45, 2.75) is 102 Å². The summed E-state index contributed by atoms with van der Waals surface area (Å²) in [5.74, 6) is -8.72. The fourth-order valence-electron chi connectivity index (χ4n) is 4.18.